The van der Waals surface area contributed by atoms with Crippen molar-refractivity contribution >= 4 is 8.97 Å². The molecule has 0 radical (unpaired) electrons. The maximum atomic E-state index is 5.25. The van der Waals surface area contributed by atoms with Gasteiger partial charge in [-0.3, -0.25) is 0 Å². The molecule has 0 aromatic heterocycles. The summed E-state index contributed by atoms with van der Waals surface area (Å²) in [6, 6.07) is 0. The van der Waals surface area contributed by atoms with Crippen LogP contribution in [0.1, 0.15) is 0 Å². The molecule has 0 aromatic carbocycles. The Hall–Kier alpha value is 0.0569. The van der Waals surface area contributed by atoms with Crippen LogP contribution in [0.2, 0.25) is 0 Å². The van der Waals surface area contributed by atoms with Crippen molar-refractivity contribution in [3.8, 4) is 0 Å². The number of nitrogens with one attached hydrogen (secondary N) is 1. The molecule has 0 unspecified atom stereocenters. The van der Waals surface area contributed by atoms with Gasteiger partial charge in [-0.2, -0.15) is 0 Å². The first-order valence-electron chi connectivity index (χ1n) is 3.23. The fourth-order valence-corrected chi connectivity index (χ4v) is 3.18. The highest BCUT2D eigenvalue weighted by Gasteiger charge is 2.59. The van der Waals surface area contributed by atoms with E-state index < -0.39 is 8.97 Å². The Bertz CT molecular complexity index is 117. The molecule has 1 fully saturated rings. The molecule has 10 heavy (non-hydrogen) atoms. The van der Waals surface area contributed by atoms with Gasteiger partial charge in [0.2, 0.25) is 0 Å². The van der Waals surface area contributed by atoms with Crippen molar-refractivity contribution in [3.05, 3.63) is 0 Å². The molecule has 1 aliphatic rings. The van der Waals surface area contributed by atoms with Crippen LogP contribution >= 0.6 is 0 Å². The van der Waals surface area contributed by atoms with Crippen LogP contribution in [-0.4, -0.2) is 43.4 Å². The molecule has 1 saturated heterocycles. The largest absolute Gasteiger partial charge is 0.822 e. The lowest BCUT2D eigenvalue weighted by atomic mass is 10.7. The minimum absolute atomic E-state index is 0.925. The second-order valence-electron chi connectivity index (χ2n) is 2.23. The summed E-state index contributed by atoms with van der Waals surface area (Å²) in [5.74, 6) is 0. The summed E-state index contributed by atoms with van der Waals surface area (Å²) in [4.78, 5) is 3.20. The average Bonchev–Trinajstić information content (AvgIpc) is 2.32. The maximum absolute atomic E-state index is 5.25. The van der Waals surface area contributed by atoms with Crippen LogP contribution in [0.5, 0.6) is 0 Å². The summed E-state index contributed by atoms with van der Waals surface area (Å²) in [6.07, 6.45) is 0. The average molecular weight is 164 g/mol. The van der Waals surface area contributed by atoms with E-state index in [0.717, 1.165) is 13.2 Å². The van der Waals surface area contributed by atoms with E-state index in [-0.39, 0.29) is 0 Å². The molecule has 1 heterocycles. The van der Waals surface area contributed by atoms with Crippen LogP contribution in [0, 0.1) is 0 Å². The zero-order chi connectivity index (χ0) is 7.61. The Balaban J connectivity index is 2.61. The molecule has 4 nitrogen and oxygen atoms in total. The molecule has 1 aliphatic heterocycles. The summed E-state index contributed by atoms with van der Waals surface area (Å²) in [5, 5.41) is 0. The minimum atomic E-state index is -2.18. The van der Waals surface area contributed by atoms with Crippen molar-refractivity contribution in [2.75, 3.05) is 34.5 Å². The predicted octanol–water partition coefficient (Wildman–Crippen LogP) is -0.500. The van der Waals surface area contributed by atoms with Gasteiger partial charge in [-0.1, -0.05) is 0 Å². The fraction of sp³-hybridized carbons (Fsp3) is 1.00. The first-order valence-corrected chi connectivity index (χ1v) is 4.95. The van der Waals surface area contributed by atoms with Gasteiger partial charge in [0.1, 0.15) is 13.7 Å². The molecular formula is C5H14NO3Si+. The van der Waals surface area contributed by atoms with Gasteiger partial charge in [0.15, 0.2) is 0 Å². The van der Waals surface area contributed by atoms with Crippen molar-refractivity contribution in [2.24, 2.45) is 0 Å². The van der Waals surface area contributed by atoms with E-state index in [9.17, 15) is 0 Å². The number of rotatable bonds is 2. The molecule has 60 valence electrons. The minimum Gasteiger partial charge on any atom is -0.464 e. The quantitative estimate of drug-likeness (QED) is 0.441. The third-order valence-electron chi connectivity index (χ3n) is 1.75. The van der Waals surface area contributed by atoms with Crippen LogP contribution in [0.3, 0.4) is 0 Å². The molecule has 0 aliphatic carbocycles. The Labute approximate surface area is 62.2 Å². The van der Waals surface area contributed by atoms with Gasteiger partial charge >= 0.3 is 8.97 Å². The standard InChI is InChI=1S/C5H14NO3Si/c1-7-10(8-2)6-4-5-9(10)3/h6H,4-5H2,1-3H3/q+1. The fourth-order valence-electron chi connectivity index (χ4n) is 1.13. The van der Waals surface area contributed by atoms with Crippen LogP contribution in [-0.2, 0) is 12.9 Å². The van der Waals surface area contributed by atoms with E-state index in [1.807, 2.05) is 7.11 Å². The second-order valence-corrected chi connectivity index (χ2v) is 5.21. The lowest BCUT2D eigenvalue weighted by molar-refractivity contribution is -0.0266. The summed E-state index contributed by atoms with van der Waals surface area (Å²) < 4.78 is 13.4. The Morgan fingerprint density at radius 2 is 2.00 bits per heavy atom. The van der Waals surface area contributed by atoms with E-state index in [1.165, 1.54) is 0 Å². The molecule has 1 rings (SSSR count). The van der Waals surface area contributed by atoms with Gasteiger partial charge in [0, 0.05) is 14.2 Å². The van der Waals surface area contributed by atoms with Gasteiger partial charge in [0.25, 0.3) is 0 Å². The second kappa shape index (κ2) is 2.98. The summed E-state index contributed by atoms with van der Waals surface area (Å²) >= 11 is 0. The van der Waals surface area contributed by atoms with Gasteiger partial charge in [-0.05, 0) is 0 Å². The first kappa shape index (κ1) is 8.16. The first-order chi connectivity index (χ1) is 4.75. The highest BCUT2D eigenvalue weighted by molar-refractivity contribution is 6.59. The third kappa shape index (κ3) is 1.10. The highest BCUT2D eigenvalue weighted by atomic mass is 28.4. The summed E-state index contributed by atoms with van der Waals surface area (Å²) in [5.41, 5.74) is 0. The Morgan fingerprint density at radius 3 is 2.20 bits per heavy atom. The molecule has 0 bridgehead atoms. The van der Waals surface area contributed by atoms with Crippen molar-refractivity contribution in [1.29, 1.82) is 0 Å². The Kier molecular flexibility index (Phi) is 2.43. The van der Waals surface area contributed by atoms with E-state index in [4.69, 9.17) is 8.85 Å². The van der Waals surface area contributed by atoms with Crippen LogP contribution in [0.4, 0.5) is 0 Å². The highest BCUT2D eigenvalue weighted by Crippen LogP contribution is 2.15. The van der Waals surface area contributed by atoms with Crippen molar-refractivity contribution in [2.45, 2.75) is 0 Å². The zero-order valence-electron chi connectivity index (χ0n) is 6.64. The monoisotopic (exact) mass is 164 g/mol. The third-order valence-corrected chi connectivity index (χ3v) is 4.63. The number of hydrogen-bond donors (Lipinski definition) is 1. The van der Waals surface area contributed by atoms with Crippen molar-refractivity contribution in [3.63, 3.8) is 0 Å². The number of hydrogen-bond acceptors (Lipinski definition) is 3. The molecule has 5 heteroatoms. The molecule has 0 amide bonds. The predicted molar refractivity (Wildman–Crippen MR) is 39.7 cm³/mol. The lowest BCUT2D eigenvalue weighted by Crippen LogP contribution is -2.56. The SMILES string of the molecule is CO[Si]1(OC)NCC[O+]1C. The van der Waals surface area contributed by atoms with E-state index >= 15 is 0 Å². The van der Waals surface area contributed by atoms with E-state index in [2.05, 4.69) is 9.04 Å². The zero-order valence-corrected chi connectivity index (χ0v) is 7.64. The molecule has 0 saturated carbocycles. The Morgan fingerprint density at radius 1 is 1.40 bits per heavy atom. The van der Waals surface area contributed by atoms with Gasteiger partial charge in [-0.25, -0.2) is 4.98 Å². The van der Waals surface area contributed by atoms with E-state index in [0.29, 0.717) is 0 Å². The van der Waals surface area contributed by atoms with Gasteiger partial charge < -0.3 is 12.9 Å². The van der Waals surface area contributed by atoms with E-state index in [1.54, 1.807) is 14.2 Å². The van der Waals surface area contributed by atoms with Gasteiger partial charge in [0.05, 0.1) is 6.54 Å². The van der Waals surface area contributed by atoms with Crippen LogP contribution in [0.25, 0.3) is 0 Å². The van der Waals surface area contributed by atoms with Crippen LogP contribution < -0.4 is 4.98 Å². The summed E-state index contributed by atoms with van der Waals surface area (Å²) in [6.45, 7) is 1.85. The summed E-state index contributed by atoms with van der Waals surface area (Å²) in [7, 11) is 3.07. The molecule has 0 aromatic rings. The molecular weight excluding hydrogens is 150 g/mol. The molecule has 1 N–H and O–H groups in total. The lowest BCUT2D eigenvalue weighted by Gasteiger charge is -2.20. The van der Waals surface area contributed by atoms with Gasteiger partial charge in [-0.15, -0.1) is 0 Å². The van der Waals surface area contributed by atoms with Crippen LogP contribution in [0.15, 0.2) is 0 Å². The normalized spacial score (nSPS) is 25.5. The van der Waals surface area contributed by atoms with Crippen molar-refractivity contribution in [1.82, 2.24) is 4.98 Å². The maximum Gasteiger partial charge on any atom is 0.822 e. The smallest absolute Gasteiger partial charge is 0.464 e. The van der Waals surface area contributed by atoms with Crippen molar-refractivity contribution < 1.29 is 12.9 Å². The molecule has 0 atom stereocenters. The molecule has 0 spiro atoms. The topological polar surface area (TPSA) is 33.2 Å².